The quantitative estimate of drug-likeness (QED) is 0.838. The maximum Gasteiger partial charge on any atom is 0.241 e. The fourth-order valence-electron chi connectivity index (χ4n) is 3.20. The standard InChI is InChI=1S/C17H25N3OS/c1-17(2,3)14-5-4-8-20(9-6-14)11-15-18-16(19-21-15)13-7-10-22-12-13/h7,10,12,14H,4-6,8-9,11H2,1-3H3. The van der Waals surface area contributed by atoms with Crippen molar-refractivity contribution in [3.63, 3.8) is 0 Å². The summed E-state index contributed by atoms with van der Waals surface area (Å²) >= 11 is 1.65. The summed E-state index contributed by atoms with van der Waals surface area (Å²) in [5, 5.41) is 8.18. The van der Waals surface area contributed by atoms with Crippen molar-refractivity contribution in [3.05, 3.63) is 22.7 Å². The van der Waals surface area contributed by atoms with Gasteiger partial charge in [0.2, 0.25) is 11.7 Å². The maximum absolute atomic E-state index is 5.43. The Labute approximate surface area is 136 Å². The molecular formula is C17H25N3OS. The summed E-state index contributed by atoms with van der Waals surface area (Å²) in [7, 11) is 0. The van der Waals surface area contributed by atoms with Gasteiger partial charge < -0.3 is 4.52 Å². The van der Waals surface area contributed by atoms with E-state index in [0.717, 1.165) is 37.0 Å². The largest absolute Gasteiger partial charge is 0.338 e. The zero-order valence-corrected chi connectivity index (χ0v) is 14.5. The predicted molar refractivity (Wildman–Crippen MR) is 89.7 cm³/mol. The van der Waals surface area contributed by atoms with Crippen LogP contribution in [0.2, 0.25) is 0 Å². The van der Waals surface area contributed by atoms with Crippen LogP contribution in [-0.2, 0) is 6.54 Å². The first kappa shape index (κ1) is 15.7. The summed E-state index contributed by atoms with van der Waals surface area (Å²) in [6.07, 6.45) is 3.84. The van der Waals surface area contributed by atoms with E-state index in [4.69, 9.17) is 4.52 Å². The number of hydrogen-bond acceptors (Lipinski definition) is 5. The molecule has 0 radical (unpaired) electrons. The third kappa shape index (κ3) is 3.76. The van der Waals surface area contributed by atoms with Crippen molar-refractivity contribution in [1.82, 2.24) is 15.0 Å². The van der Waals surface area contributed by atoms with Gasteiger partial charge in [-0.1, -0.05) is 25.9 Å². The van der Waals surface area contributed by atoms with Crippen molar-refractivity contribution in [3.8, 4) is 11.4 Å². The van der Waals surface area contributed by atoms with Crippen LogP contribution in [-0.4, -0.2) is 28.1 Å². The number of likely N-dealkylation sites (tertiary alicyclic amines) is 1. The lowest BCUT2D eigenvalue weighted by Gasteiger charge is -2.29. The van der Waals surface area contributed by atoms with Crippen molar-refractivity contribution < 1.29 is 4.52 Å². The fraction of sp³-hybridized carbons (Fsp3) is 0.647. The average molecular weight is 319 g/mol. The van der Waals surface area contributed by atoms with E-state index in [1.807, 2.05) is 11.4 Å². The molecule has 1 aliphatic rings. The lowest BCUT2D eigenvalue weighted by atomic mass is 9.77. The molecule has 1 unspecified atom stereocenters. The van der Waals surface area contributed by atoms with Gasteiger partial charge in [-0.3, -0.25) is 4.90 Å². The third-order valence-corrected chi connectivity index (χ3v) is 5.34. The van der Waals surface area contributed by atoms with Crippen LogP contribution in [0.1, 0.15) is 45.9 Å². The second-order valence-corrected chi connectivity index (χ2v) is 8.07. The lowest BCUT2D eigenvalue weighted by Crippen LogP contribution is -2.26. The van der Waals surface area contributed by atoms with Crippen molar-refractivity contribution in [2.45, 2.75) is 46.6 Å². The summed E-state index contributed by atoms with van der Waals surface area (Å²) in [5.41, 5.74) is 1.45. The first-order chi connectivity index (χ1) is 10.5. The SMILES string of the molecule is CC(C)(C)C1CCCN(Cc2nc(-c3ccsc3)no2)CC1. The number of aromatic nitrogens is 2. The van der Waals surface area contributed by atoms with E-state index < -0.39 is 0 Å². The van der Waals surface area contributed by atoms with E-state index in [2.05, 4.69) is 41.2 Å². The Kier molecular flexibility index (Phi) is 4.64. The third-order valence-electron chi connectivity index (χ3n) is 4.65. The molecule has 0 spiro atoms. The van der Waals surface area contributed by atoms with E-state index in [1.165, 1.54) is 19.3 Å². The van der Waals surface area contributed by atoms with Gasteiger partial charge in [-0.25, -0.2) is 0 Å². The summed E-state index contributed by atoms with van der Waals surface area (Å²) in [4.78, 5) is 6.99. The van der Waals surface area contributed by atoms with Gasteiger partial charge in [0.1, 0.15) is 0 Å². The molecule has 4 nitrogen and oxygen atoms in total. The van der Waals surface area contributed by atoms with Gasteiger partial charge in [0.25, 0.3) is 0 Å². The molecule has 1 fully saturated rings. The van der Waals surface area contributed by atoms with E-state index in [1.54, 1.807) is 11.3 Å². The number of hydrogen-bond donors (Lipinski definition) is 0. The summed E-state index contributed by atoms with van der Waals surface area (Å²) in [6.45, 7) is 10.1. The second-order valence-electron chi connectivity index (χ2n) is 7.29. The average Bonchev–Trinajstić information content (AvgIpc) is 3.06. The van der Waals surface area contributed by atoms with Crippen LogP contribution in [0.25, 0.3) is 11.4 Å². The Bertz CT molecular complexity index is 585. The Balaban J connectivity index is 1.60. The molecule has 3 heterocycles. The Hall–Kier alpha value is -1.20. The van der Waals surface area contributed by atoms with Crippen LogP contribution in [0.4, 0.5) is 0 Å². The highest BCUT2D eigenvalue weighted by Gasteiger charge is 2.27. The molecule has 3 rings (SSSR count). The minimum Gasteiger partial charge on any atom is -0.338 e. The summed E-state index contributed by atoms with van der Waals surface area (Å²) < 4.78 is 5.43. The zero-order chi connectivity index (χ0) is 15.6. The molecule has 0 bridgehead atoms. The van der Waals surface area contributed by atoms with Gasteiger partial charge in [0.05, 0.1) is 6.54 Å². The van der Waals surface area contributed by atoms with Crippen LogP contribution in [0.15, 0.2) is 21.3 Å². The van der Waals surface area contributed by atoms with Crippen molar-refractivity contribution in [2.75, 3.05) is 13.1 Å². The molecule has 120 valence electrons. The second kappa shape index (κ2) is 6.50. The van der Waals surface area contributed by atoms with E-state index in [-0.39, 0.29) is 0 Å². The minimum absolute atomic E-state index is 0.409. The molecule has 0 aliphatic carbocycles. The van der Waals surface area contributed by atoms with Crippen molar-refractivity contribution in [1.29, 1.82) is 0 Å². The lowest BCUT2D eigenvalue weighted by molar-refractivity contribution is 0.198. The number of rotatable bonds is 3. The summed E-state index contributed by atoms with van der Waals surface area (Å²) in [6, 6.07) is 2.03. The van der Waals surface area contributed by atoms with Crippen molar-refractivity contribution >= 4 is 11.3 Å². The first-order valence-electron chi connectivity index (χ1n) is 8.10. The molecule has 22 heavy (non-hydrogen) atoms. The van der Waals surface area contributed by atoms with E-state index >= 15 is 0 Å². The van der Waals surface area contributed by atoms with Crippen LogP contribution >= 0.6 is 11.3 Å². The smallest absolute Gasteiger partial charge is 0.241 e. The van der Waals surface area contributed by atoms with Crippen LogP contribution in [0.5, 0.6) is 0 Å². The molecule has 1 atom stereocenters. The van der Waals surface area contributed by atoms with Crippen LogP contribution in [0.3, 0.4) is 0 Å². The zero-order valence-electron chi connectivity index (χ0n) is 13.7. The highest BCUT2D eigenvalue weighted by Crippen LogP contribution is 2.34. The minimum atomic E-state index is 0.409. The molecule has 0 saturated carbocycles. The first-order valence-corrected chi connectivity index (χ1v) is 9.04. The topological polar surface area (TPSA) is 42.2 Å². The maximum atomic E-state index is 5.43. The molecule has 2 aromatic heterocycles. The summed E-state index contributed by atoms with van der Waals surface area (Å²) in [5.74, 6) is 2.25. The molecule has 0 amide bonds. The van der Waals surface area contributed by atoms with Gasteiger partial charge in [-0.15, -0.1) is 0 Å². The molecule has 0 N–H and O–H groups in total. The molecule has 2 aromatic rings. The van der Waals surface area contributed by atoms with Crippen LogP contribution < -0.4 is 0 Å². The number of thiophene rings is 1. The monoisotopic (exact) mass is 319 g/mol. The van der Waals surface area contributed by atoms with Gasteiger partial charge in [0, 0.05) is 10.9 Å². The molecule has 5 heteroatoms. The molecular weight excluding hydrogens is 294 g/mol. The van der Waals surface area contributed by atoms with Crippen LogP contribution in [0, 0.1) is 11.3 Å². The van der Waals surface area contributed by atoms with Gasteiger partial charge in [-0.2, -0.15) is 16.3 Å². The molecule has 1 aliphatic heterocycles. The number of nitrogens with zero attached hydrogens (tertiary/aromatic N) is 3. The predicted octanol–water partition coefficient (Wildman–Crippen LogP) is 4.45. The van der Waals surface area contributed by atoms with E-state index in [9.17, 15) is 0 Å². The Morgan fingerprint density at radius 1 is 1.32 bits per heavy atom. The molecule has 1 saturated heterocycles. The van der Waals surface area contributed by atoms with Gasteiger partial charge in [-0.05, 0) is 55.1 Å². The normalized spacial score (nSPS) is 21.0. The molecule has 0 aromatic carbocycles. The fourth-order valence-corrected chi connectivity index (χ4v) is 3.83. The highest BCUT2D eigenvalue weighted by molar-refractivity contribution is 7.08. The highest BCUT2D eigenvalue weighted by atomic mass is 32.1. The Morgan fingerprint density at radius 2 is 2.18 bits per heavy atom. The van der Waals surface area contributed by atoms with Gasteiger partial charge >= 0.3 is 0 Å². The van der Waals surface area contributed by atoms with Crippen molar-refractivity contribution in [2.24, 2.45) is 11.3 Å². The van der Waals surface area contributed by atoms with E-state index in [0.29, 0.717) is 11.2 Å². The Morgan fingerprint density at radius 3 is 2.91 bits per heavy atom. The van der Waals surface area contributed by atoms with Gasteiger partial charge in [0.15, 0.2) is 0 Å².